The van der Waals surface area contributed by atoms with Crippen molar-refractivity contribution in [3.8, 4) is 33.4 Å². The Bertz CT molecular complexity index is 3500. The zero-order chi connectivity index (χ0) is 38.2. The van der Waals surface area contributed by atoms with Gasteiger partial charge in [0.05, 0.1) is 0 Å². The van der Waals surface area contributed by atoms with Crippen LogP contribution in [0.25, 0.3) is 99.2 Å². The molecule has 0 radical (unpaired) electrons. The number of para-hydroxylation sites is 3. The van der Waals surface area contributed by atoms with Gasteiger partial charge in [-0.15, -0.1) is 0 Å². The number of nitrogens with zero attached hydrogens (tertiary/aromatic N) is 1. The lowest BCUT2D eigenvalue weighted by Gasteiger charge is -2.26. The molecule has 0 spiro atoms. The fourth-order valence-electron chi connectivity index (χ4n) is 8.64. The first kappa shape index (κ1) is 32.4. The number of furan rings is 3. The molecular weight excluding hydrogens is 711 g/mol. The molecule has 58 heavy (non-hydrogen) atoms. The Hall–Kier alpha value is -7.82. The summed E-state index contributed by atoms with van der Waals surface area (Å²) in [7, 11) is 0. The average molecular weight is 744 g/mol. The van der Waals surface area contributed by atoms with E-state index < -0.39 is 0 Å². The molecule has 4 heteroatoms. The van der Waals surface area contributed by atoms with E-state index in [0.29, 0.717) is 0 Å². The Morgan fingerprint density at radius 1 is 0.259 bits per heavy atom. The van der Waals surface area contributed by atoms with Crippen LogP contribution in [0.4, 0.5) is 17.1 Å². The molecule has 0 aliphatic heterocycles. The number of hydrogen-bond acceptors (Lipinski definition) is 4. The molecule has 3 heterocycles. The van der Waals surface area contributed by atoms with Crippen molar-refractivity contribution in [3.63, 3.8) is 0 Å². The van der Waals surface area contributed by atoms with Crippen molar-refractivity contribution in [1.82, 2.24) is 0 Å². The Balaban J connectivity index is 0.931. The van der Waals surface area contributed by atoms with E-state index in [2.05, 4.69) is 175 Å². The van der Waals surface area contributed by atoms with Crippen molar-refractivity contribution in [3.05, 3.63) is 200 Å². The lowest BCUT2D eigenvalue weighted by atomic mass is 10.00. The molecule has 12 rings (SSSR count). The normalized spacial score (nSPS) is 11.8. The van der Waals surface area contributed by atoms with Crippen molar-refractivity contribution < 1.29 is 13.3 Å². The van der Waals surface area contributed by atoms with E-state index in [1.54, 1.807) is 0 Å². The number of rotatable bonds is 6. The molecule has 0 unspecified atom stereocenters. The van der Waals surface area contributed by atoms with Gasteiger partial charge in [0.25, 0.3) is 0 Å². The van der Waals surface area contributed by atoms with Crippen LogP contribution in [0.1, 0.15) is 0 Å². The van der Waals surface area contributed by atoms with Crippen LogP contribution in [-0.2, 0) is 0 Å². The van der Waals surface area contributed by atoms with Gasteiger partial charge in [-0.25, -0.2) is 0 Å². The highest BCUT2D eigenvalue weighted by atomic mass is 16.3. The Morgan fingerprint density at radius 3 is 1.45 bits per heavy atom. The first-order valence-corrected chi connectivity index (χ1v) is 19.6. The predicted octanol–water partition coefficient (Wildman–Crippen LogP) is 15.9. The van der Waals surface area contributed by atoms with E-state index in [-0.39, 0.29) is 0 Å². The van der Waals surface area contributed by atoms with Gasteiger partial charge < -0.3 is 18.2 Å². The largest absolute Gasteiger partial charge is 0.456 e. The van der Waals surface area contributed by atoms with E-state index >= 15 is 0 Å². The molecule has 0 aliphatic rings. The van der Waals surface area contributed by atoms with E-state index in [4.69, 9.17) is 13.3 Å². The first-order chi connectivity index (χ1) is 28.7. The van der Waals surface area contributed by atoms with Crippen LogP contribution >= 0.6 is 0 Å². The third kappa shape index (κ3) is 5.23. The summed E-state index contributed by atoms with van der Waals surface area (Å²) in [5.74, 6) is 0. The minimum absolute atomic E-state index is 0.854. The SMILES string of the molecule is c1ccc(-c2cccc3c2oc2ccc(-c4ccc(N(c5ccc(-c6ccc7c(c6)oc6ccccc67)cc5)c5ccc6c(c5)oc5ccccc56)cc4)cc23)cc1. The quantitative estimate of drug-likeness (QED) is 0.170. The van der Waals surface area contributed by atoms with Crippen LogP contribution in [0, 0.1) is 0 Å². The summed E-state index contributed by atoms with van der Waals surface area (Å²) in [6.07, 6.45) is 0. The maximum atomic E-state index is 6.48. The molecule has 0 saturated heterocycles. The lowest BCUT2D eigenvalue weighted by molar-refractivity contribution is 0.668. The van der Waals surface area contributed by atoms with Crippen LogP contribution in [-0.4, -0.2) is 0 Å². The molecule has 12 aromatic rings. The van der Waals surface area contributed by atoms with Crippen molar-refractivity contribution in [1.29, 1.82) is 0 Å². The van der Waals surface area contributed by atoms with E-state index in [0.717, 1.165) is 116 Å². The summed E-state index contributed by atoms with van der Waals surface area (Å²) >= 11 is 0. The molecule has 0 N–H and O–H groups in total. The molecule has 272 valence electrons. The van der Waals surface area contributed by atoms with Crippen molar-refractivity contribution in [2.45, 2.75) is 0 Å². The minimum Gasteiger partial charge on any atom is -0.456 e. The van der Waals surface area contributed by atoms with Gasteiger partial charge in [0.15, 0.2) is 0 Å². The van der Waals surface area contributed by atoms with Crippen LogP contribution < -0.4 is 4.90 Å². The summed E-state index contributed by atoms with van der Waals surface area (Å²) < 4.78 is 19.1. The summed E-state index contributed by atoms with van der Waals surface area (Å²) in [4.78, 5) is 2.29. The monoisotopic (exact) mass is 743 g/mol. The molecule has 0 bridgehead atoms. The van der Waals surface area contributed by atoms with Crippen LogP contribution in [0.2, 0.25) is 0 Å². The molecule has 4 nitrogen and oxygen atoms in total. The Labute approximate surface area is 333 Å². The van der Waals surface area contributed by atoms with Gasteiger partial charge >= 0.3 is 0 Å². The lowest BCUT2D eigenvalue weighted by Crippen LogP contribution is -2.09. The maximum absolute atomic E-state index is 6.48. The third-order valence-electron chi connectivity index (χ3n) is 11.5. The molecule has 0 saturated carbocycles. The highest BCUT2D eigenvalue weighted by molar-refractivity contribution is 6.11. The van der Waals surface area contributed by atoms with Gasteiger partial charge in [0.1, 0.15) is 33.5 Å². The maximum Gasteiger partial charge on any atom is 0.143 e. The average Bonchev–Trinajstić information content (AvgIpc) is 3.98. The zero-order valence-corrected chi connectivity index (χ0v) is 31.2. The smallest absolute Gasteiger partial charge is 0.143 e. The van der Waals surface area contributed by atoms with E-state index in [9.17, 15) is 0 Å². The topological polar surface area (TPSA) is 42.7 Å². The van der Waals surface area contributed by atoms with Gasteiger partial charge in [-0.1, -0.05) is 121 Å². The predicted molar refractivity (Wildman–Crippen MR) is 239 cm³/mol. The van der Waals surface area contributed by atoms with Crippen LogP contribution in [0.3, 0.4) is 0 Å². The van der Waals surface area contributed by atoms with E-state index in [1.165, 1.54) is 0 Å². The summed E-state index contributed by atoms with van der Waals surface area (Å²) in [6.45, 7) is 0. The van der Waals surface area contributed by atoms with Gasteiger partial charge in [-0.05, 0) is 101 Å². The highest BCUT2D eigenvalue weighted by Crippen LogP contribution is 2.42. The number of benzene rings is 9. The second-order valence-corrected chi connectivity index (χ2v) is 14.9. The second-order valence-electron chi connectivity index (χ2n) is 14.9. The Morgan fingerprint density at radius 2 is 0.759 bits per heavy atom. The first-order valence-electron chi connectivity index (χ1n) is 19.6. The molecular formula is C54H33NO3. The van der Waals surface area contributed by atoms with Crippen molar-refractivity contribution >= 4 is 82.9 Å². The highest BCUT2D eigenvalue weighted by Gasteiger charge is 2.18. The number of fused-ring (bicyclic) bond motifs is 9. The molecule has 0 atom stereocenters. The Kier molecular flexibility index (Phi) is 7.20. The molecule has 3 aromatic heterocycles. The fraction of sp³-hybridized carbons (Fsp3) is 0. The van der Waals surface area contributed by atoms with Crippen molar-refractivity contribution in [2.75, 3.05) is 4.90 Å². The zero-order valence-electron chi connectivity index (χ0n) is 31.2. The summed E-state index contributed by atoms with van der Waals surface area (Å²) in [5.41, 5.74) is 15.1. The van der Waals surface area contributed by atoms with Gasteiger partial charge in [0.2, 0.25) is 0 Å². The summed E-state index contributed by atoms with van der Waals surface area (Å²) in [5, 5.41) is 6.70. The van der Waals surface area contributed by atoms with Crippen LogP contribution in [0.5, 0.6) is 0 Å². The summed E-state index contributed by atoms with van der Waals surface area (Å²) in [6, 6.07) is 70.3. The van der Waals surface area contributed by atoms with Gasteiger partial charge in [0, 0.05) is 61.0 Å². The van der Waals surface area contributed by atoms with Gasteiger partial charge in [-0.2, -0.15) is 0 Å². The molecule has 9 aromatic carbocycles. The van der Waals surface area contributed by atoms with Gasteiger partial charge in [-0.3, -0.25) is 0 Å². The number of hydrogen-bond donors (Lipinski definition) is 0. The third-order valence-corrected chi connectivity index (χ3v) is 11.5. The standard InChI is InChI=1S/C54H33NO3/c1-2-9-36(10-3-1)42-13-8-14-47-48-31-37(22-30-51(48)58-54(42)47)34-17-23-39(24-18-34)55(41-27-29-46-44-12-5-7-16-50(44)57-53(46)33-41)40-25-19-35(20-26-40)38-21-28-45-43-11-4-6-15-49(43)56-52(45)32-38/h1-33H. The van der Waals surface area contributed by atoms with Crippen LogP contribution in [0.15, 0.2) is 213 Å². The fourth-order valence-corrected chi connectivity index (χ4v) is 8.64. The molecule has 0 fully saturated rings. The second kappa shape index (κ2) is 12.9. The molecule has 0 amide bonds. The molecule has 0 aliphatic carbocycles. The van der Waals surface area contributed by atoms with Crippen molar-refractivity contribution in [2.24, 2.45) is 0 Å². The minimum atomic E-state index is 0.854. The van der Waals surface area contributed by atoms with E-state index in [1.807, 2.05) is 30.3 Å². The number of anilines is 3.